The van der Waals surface area contributed by atoms with Crippen LogP contribution >= 0.6 is 66.3 Å². The molecule has 3 unspecified atom stereocenters. The number of esters is 3. The molecule has 0 amide bonds. The molecule has 3 aliphatic rings. The first-order valence-electron chi connectivity index (χ1n) is 28.6. The molecule has 2 aromatic heterocycles. The second kappa shape index (κ2) is 45.6. The van der Waals surface area contributed by atoms with Gasteiger partial charge >= 0.3 is 54.6 Å². The number of Topliss-reactive ketones (excluding diaryl/α,β-unsaturated/α-hetero) is 2. The molecule has 492 valence electrons. The summed E-state index contributed by atoms with van der Waals surface area (Å²) in [6.45, 7) is 5.32. The van der Waals surface area contributed by atoms with E-state index >= 15 is 0 Å². The SMILES string of the molecule is COC(=O)C1CN(c2nc(-c3ccccc3)c(Br)s2)CCO1.COC(=O)C1CN(c2nc(-c3ccccc3)cs2)CCO1.COC(=O)C1CNCCO1.N#CSCC(=O)c1ccccc1.N#C[S-].O=C(CBr)c1ccccc1.OB(O)c1ccc(-c2ccc(F)cc2)cc1.[Na+]. The number of benzene rings is 6. The van der Waals surface area contributed by atoms with Crippen LogP contribution in [-0.2, 0) is 55.4 Å². The number of hydrogen-bond acceptors (Lipinski definition) is 24. The third kappa shape index (κ3) is 28.1. The summed E-state index contributed by atoms with van der Waals surface area (Å²) in [5, 5.41) is 43.7. The van der Waals surface area contributed by atoms with Crippen molar-refractivity contribution in [3.05, 3.63) is 196 Å². The van der Waals surface area contributed by atoms with Gasteiger partial charge in [0.2, 0.25) is 0 Å². The molecule has 95 heavy (non-hydrogen) atoms. The molecule has 3 N–H and O–H groups in total. The van der Waals surface area contributed by atoms with Gasteiger partial charge < -0.3 is 66.2 Å². The molecule has 3 saturated heterocycles. The van der Waals surface area contributed by atoms with Gasteiger partial charge in [0.1, 0.15) is 11.2 Å². The van der Waals surface area contributed by atoms with Crippen LogP contribution in [0.2, 0.25) is 0 Å². The number of carbonyl (C=O) groups excluding carboxylic acids is 5. The third-order valence-electron chi connectivity index (χ3n) is 13.1. The number of thioether (sulfide) groups is 1. The standard InChI is InChI=1S/C15H15BrN2O3S.C15H16N2O3S.C12H10BFO2.C9H7NOS.C8H7BrO.C6H11NO3.CHNS.Na/c1-20-14(19)11-9-18(7-8-21-11)15-17-12(13(16)22-15)10-5-3-2-4-6-10;1-19-14(18)13-9-17(7-8-20-13)15-16-12(10-21-15)11-5-3-2-4-6-11;14-12-7-3-10(4-8-12)9-1-5-11(6-2-9)13(15)16;10-7-12-6-9(11)8-4-2-1-3-5-8;9-6-8(10)7-4-2-1-3-5-7;1-9-6(8)5-4-7-2-3-10-5;2-1-3;/h2-6,11H,7-9H2,1H3;2-6,10,13H,7-9H2,1H3;1-8,15-16H;1-5H,6H2;1-5H,6H2;5,7H,2-4H2,1H3;3H;/q;;;;;;;+1/p-1. The minimum Gasteiger partial charge on any atom is -0.696 e. The largest absolute Gasteiger partial charge is 1.00 e. The Balaban J connectivity index is 0.000000246. The van der Waals surface area contributed by atoms with E-state index in [1.165, 1.54) is 38.9 Å². The van der Waals surface area contributed by atoms with E-state index in [1.807, 2.05) is 120 Å². The van der Waals surface area contributed by atoms with E-state index in [1.54, 1.807) is 71.2 Å². The summed E-state index contributed by atoms with van der Waals surface area (Å²) in [5.41, 5.74) is 7.70. The number of nitrogens with zero attached hydrogens (tertiary/aromatic N) is 6. The first kappa shape index (κ1) is 80.6. The number of anilines is 2. The Hall–Kier alpha value is -6.81. The summed E-state index contributed by atoms with van der Waals surface area (Å²) in [6.07, 6.45) is -1.49. The van der Waals surface area contributed by atoms with Crippen molar-refractivity contribution in [2.24, 2.45) is 0 Å². The summed E-state index contributed by atoms with van der Waals surface area (Å²) in [7, 11) is 2.65. The Kier molecular flexibility index (Phi) is 38.7. The van der Waals surface area contributed by atoms with Crippen molar-refractivity contribution in [2.45, 2.75) is 18.3 Å². The smallest absolute Gasteiger partial charge is 0.696 e. The van der Waals surface area contributed by atoms with Crippen LogP contribution in [0.5, 0.6) is 0 Å². The predicted octanol–water partition coefficient (Wildman–Crippen LogP) is 6.83. The molecule has 0 spiro atoms. The first-order chi connectivity index (χ1) is 45.6. The molecule has 29 heteroatoms. The summed E-state index contributed by atoms with van der Waals surface area (Å²) in [5.74, 6) is -0.884. The van der Waals surface area contributed by atoms with Gasteiger partial charge in [0.25, 0.3) is 0 Å². The van der Waals surface area contributed by atoms with Crippen molar-refractivity contribution < 1.29 is 96.4 Å². The van der Waals surface area contributed by atoms with Crippen molar-refractivity contribution in [1.29, 1.82) is 10.5 Å². The van der Waals surface area contributed by atoms with Gasteiger partial charge in [-0.2, -0.15) is 5.26 Å². The Morgan fingerprint density at radius 2 is 1.12 bits per heavy atom. The maximum Gasteiger partial charge on any atom is 1.00 e. The number of ketones is 2. The molecule has 0 saturated carbocycles. The van der Waals surface area contributed by atoms with E-state index in [2.05, 4.69) is 69.3 Å². The van der Waals surface area contributed by atoms with Crippen LogP contribution in [0, 0.1) is 27.1 Å². The second-order valence-corrected chi connectivity index (χ2v) is 23.9. The molecular formula is C66H66BBr2FN7NaO13S4. The number of hydrogen-bond donors (Lipinski definition) is 3. The number of halogens is 3. The van der Waals surface area contributed by atoms with Gasteiger partial charge in [0.05, 0.1) is 80.5 Å². The zero-order valence-corrected chi connectivity index (χ0v) is 60.6. The van der Waals surface area contributed by atoms with E-state index in [9.17, 15) is 28.4 Å². The topological polar surface area (TPSA) is 273 Å². The fraction of sp³-hybridized carbons (Fsp3) is 0.258. The minimum absolute atomic E-state index is 0. The van der Waals surface area contributed by atoms with Gasteiger partial charge in [-0.25, -0.2) is 34.0 Å². The van der Waals surface area contributed by atoms with Crippen LogP contribution in [0.1, 0.15) is 20.7 Å². The molecule has 6 aromatic carbocycles. The number of carbonyl (C=O) groups is 5. The number of ether oxygens (including phenoxy) is 6. The predicted molar refractivity (Wildman–Crippen MR) is 373 cm³/mol. The van der Waals surface area contributed by atoms with Crippen LogP contribution in [0.3, 0.4) is 0 Å². The molecule has 8 aromatic rings. The van der Waals surface area contributed by atoms with Crippen LogP contribution in [-0.4, -0.2) is 166 Å². The number of nitriles is 2. The molecule has 0 bridgehead atoms. The average molecular weight is 1510 g/mol. The van der Waals surface area contributed by atoms with E-state index in [0.717, 1.165) is 78.1 Å². The van der Waals surface area contributed by atoms with Gasteiger partial charge in [0, 0.05) is 53.8 Å². The van der Waals surface area contributed by atoms with Crippen LogP contribution in [0.25, 0.3) is 33.6 Å². The van der Waals surface area contributed by atoms with E-state index in [-0.39, 0.29) is 70.6 Å². The number of morpholine rings is 3. The Bertz CT molecular complexity index is 3660. The number of rotatable bonds is 14. The molecule has 3 aliphatic heterocycles. The first-order valence-corrected chi connectivity index (χ1v) is 33.6. The molecule has 3 atom stereocenters. The fourth-order valence-electron chi connectivity index (χ4n) is 8.39. The molecule has 5 heterocycles. The van der Waals surface area contributed by atoms with E-state index in [0.29, 0.717) is 62.4 Å². The maximum atomic E-state index is 12.7. The van der Waals surface area contributed by atoms with Crippen LogP contribution in [0.15, 0.2) is 179 Å². The quantitative estimate of drug-likeness (QED) is 0.0191. The van der Waals surface area contributed by atoms with E-state index < -0.39 is 25.4 Å². The monoisotopic (exact) mass is 1500 g/mol. The average Bonchev–Trinajstić information content (AvgIpc) is 1.71. The minimum atomic E-state index is -1.46. The van der Waals surface area contributed by atoms with Gasteiger partial charge in [-0.05, 0) is 56.4 Å². The Morgan fingerprint density at radius 3 is 1.58 bits per heavy atom. The molecule has 3 fully saturated rings. The maximum absolute atomic E-state index is 12.7. The van der Waals surface area contributed by atoms with Gasteiger partial charge in [0.15, 0.2) is 40.1 Å². The fourth-order valence-corrected chi connectivity index (χ4v) is 11.6. The molecule has 20 nitrogen and oxygen atoms in total. The van der Waals surface area contributed by atoms with E-state index in [4.69, 9.17) is 49.2 Å². The van der Waals surface area contributed by atoms with Crippen molar-refractivity contribution in [1.82, 2.24) is 15.3 Å². The summed E-state index contributed by atoms with van der Waals surface area (Å²) >= 11 is 14.5. The Morgan fingerprint density at radius 1 is 0.663 bits per heavy atom. The molecule has 11 rings (SSSR count). The normalized spacial score (nSPS) is 14.9. The van der Waals surface area contributed by atoms with Crippen molar-refractivity contribution in [2.75, 3.05) is 101 Å². The number of thiazole rings is 2. The van der Waals surface area contributed by atoms with Gasteiger partial charge in [-0.15, -0.1) is 11.3 Å². The zero-order valence-electron chi connectivity index (χ0n) is 52.2. The number of nitrogens with one attached hydrogen (secondary N) is 1. The summed E-state index contributed by atoms with van der Waals surface area (Å²) < 4.78 is 43.7. The third-order valence-corrected chi connectivity index (χ3v) is 16.9. The molecule has 0 radical (unpaired) electrons. The summed E-state index contributed by atoms with van der Waals surface area (Å²) in [4.78, 5) is 69.7. The zero-order chi connectivity index (χ0) is 68.0. The number of aromatic nitrogens is 2. The second-order valence-electron chi connectivity index (χ2n) is 19.3. The van der Waals surface area contributed by atoms with Crippen molar-refractivity contribution >= 4 is 131 Å². The van der Waals surface area contributed by atoms with Crippen LogP contribution in [0.4, 0.5) is 14.7 Å². The van der Waals surface area contributed by atoms with Gasteiger partial charge in [-0.3, -0.25) is 9.59 Å². The van der Waals surface area contributed by atoms with Gasteiger partial charge in [-0.1, -0.05) is 190 Å². The number of thiocyanates is 2. The van der Waals surface area contributed by atoms with Crippen molar-refractivity contribution in [3.8, 4) is 44.4 Å². The van der Waals surface area contributed by atoms with Crippen LogP contribution < -0.4 is 50.1 Å². The molecular weight excluding hydrogens is 1440 g/mol. The Labute approximate surface area is 608 Å². The molecule has 0 aliphatic carbocycles. The van der Waals surface area contributed by atoms with Crippen molar-refractivity contribution in [3.63, 3.8) is 0 Å². The number of methoxy groups -OCH3 is 3. The summed E-state index contributed by atoms with van der Waals surface area (Å²) in [6, 6.07) is 51.2. The number of alkyl halides is 1.